The van der Waals surface area contributed by atoms with Crippen LogP contribution in [0, 0.1) is 0 Å². The van der Waals surface area contributed by atoms with Crippen LogP contribution in [-0.2, 0) is 11.3 Å². The molecule has 0 saturated carbocycles. The van der Waals surface area contributed by atoms with E-state index in [2.05, 4.69) is 10.3 Å². The topological polar surface area (TPSA) is 60.5 Å². The molecule has 0 atom stereocenters. The second-order valence-corrected chi connectivity index (χ2v) is 4.10. The largest absolute Gasteiger partial charge is 0.497 e. The van der Waals surface area contributed by atoms with Gasteiger partial charge in [0.1, 0.15) is 11.5 Å². The maximum absolute atomic E-state index is 11.6. The van der Waals surface area contributed by atoms with Gasteiger partial charge < -0.3 is 14.8 Å². The van der Waals surface area contributed by atoms with Crippen molar-refractivity contribution in [2.75, 3.05) is 13.7 Å². The maximum Gasteiger partial charge on any atom is 0.258 e. The number of methoxy groups -OCH3 is 1. The molecule has 1 amide bonds. The lowest BCUT2D eigenvalue weighted by Gasteiger charge is -2.08. The minimum atomic E-state index is -0.169. The third-order valence-corrected chi connectivity index (χ3v) is 2.67. The van der Waals surface area contributed by atoms with Gasteiger partial charge in [-0.1, -0.05) is 0 Å². The molecule has 1 heterocycles. The number of carbonyl (C=O) groups is 1. The van der Waals surface area contributed by atoms with E-state index in [4.69, 9.17) is 9.47 Å². The van der Waals surface area contributed by atoms with E-state index in [1.807, 2.05) is 12.1 Å². The Morgan fingerprint density at radius 3 is 2.40 bits per heavy atom. The number of hydrogen-bond donors (Lipinski definition) is 1. The number of aromatic nitrogens is 1. The molecule has 0 spiro atoms. The van der Waals surface area contributed by atoms with Gasteiger partial charge >= 0.3 is 0 Å². The molecule has 0 aliphatic rings. The Morgan fingerprint density at radius 2 is 1.75 bits per heavy atom. The first kappa shape index (κ1) is 13.9. The van der Waals surface area contributed by atoms with Crippen molar-refractivity contribution >= 4 is 5.91 Å². The van der Waals surface area contributed by atoms with Crippen LogP contribution in [0.4, 0.5) is 0 Å². The van der Waals surface area contributed by atoms with Crippen LogP contribution in [0.15, 0.2) is 48.8 Å². The number of nitrogens with zero attached hydrogens (tertiary/aromatic N) is 1. The van der Waals surface area contributed by atoms with Crippen molar-refractivity contribution in [2.45, 2.75) is 6.54 Å². The van der Waals surface area contributed by atoms with Gasteiger partial charge in [0, 0.05) is 18.9 Å². The molecular weight excluding hydrogens is 256 g/mol. The molecule has 1 N–H and O–H groups in total. The second-order valence-electron chi connectivity index (χ2n) is 4.10. The molecule has 5 nitrogen and oxygen atoms in total. The van der Waals surface area contributed by atoms with Crippen molar-refractivity contribution in [1.29, 1.82) is 0 Å². The zero-order valence-electron chi connectivity index (χ0n) is 11.2. The average molecular weight is 272 g/mol. The summed E-state index contributed by atoms with van der Waals surface area (Å²) in [5, 5.41) is 2.78. The quantitative estimate of drug-likeness (QED) is 0.871. The van der Waals surface area contributed by atoms with Crippen molar-refractivity contribution in [1.82, 2.24) is 10.3 Å². The van der Waals surface area contributed by atoms with E-state index in [0.717, 1.165) is 11.3 Å². The Bertz CT molecular complexity index is 541. The molecule has 0 unspecified atom stereocenters. The highest BCUT2D eigenvalue weighted by Crippen LogP contribution is 2.16. The molecule has 2 rings (SSSR count). The zero-order valence-corrected chi connectivity index (χ0v) is 11.2. The highest BCUT2D eigenvalue weighted by atomic mass is 16.5. The summed E-state index contributed by atoms with van der Waals surface area (Å²) in [5.41, 5.74) is 0.998. The van der Waals surface area contributed by atoms with Crippen LogP contribution in [0.1, 0.15) is 5.56 Å². The normalized spacial score (nSPS) is 9.85. The van der Waals surface area contributed by atoms with Gasteiger partial charge in [0.2, 0.25) is 0 Å². The Kier molecular flexibility index (Phi) is 4.94. The minimum Gasteiger partial charge on any atom is -0.497 e. The summed E-state index contributed by atoms with van der Waals surface area (Å²) in [7, 11) is 1.60. The first-order chi connectivity index (χ1) is 9.78. The average Bonchev–Trinajstić information content (AvgIpc) is 2.52. The predicted molar refractivity (Wildman–Crippen MR) is 74.6 cm³/mol. The van der Waals surface area contributed by atoms with E-state index in [-0.39, 0.29) is 12.5 Å². The molecule has 0 bridgehead atoms. The molecule has 2 aromatic rings. The lowest BCUT2D eigenvalue weighted by Crippen LogP contribution is -2.28. The molecule has 0 aliphatic carbocycles. The van der Waals surface area contributed by atoms with Crippen LogP contribution < -0.4 is 14.8 Å². The Labute approximate surface area is 117 Å². The van der Waals surface area contributed by atoms with Crippen molar-refractivity contribution in [3.8, 4) is 11.5 Å². The van der Waals surface area contributed by atoms with Crippen LogP contribution in [0.3, 0.4) is 0 Å². The van der Waals surface area contributed by atoms with Crippen molar-refractivity contribution in [3.63, 3.8) is 0 Å². The van der Waals surface area contributed by atoms with Gasteiger partial charge in [-0.25, -0.2) is 0 Å². The molecule has 0 saturated heterocycles. The van der Waals surface area contributed by atoms with Gasteiger partial charge in [-0.15, -0.1) is 0 Å². The number of benzene rings is 1. The van der Waals surface area contributed by atoms with Gasteiger partial charge in [0.15, 0.2) is 6.61 Å². The minimum absolute atomic E-state index is 0.0165. The van der Waals surface area contributed by atoms with Crippen molar-refractivity contribution in [3.05, 3.63) is 54.4 Å². The first-order valence-electron chi connectivity index (χ1n) is 6.20. The SMILES string of the molecule is COc1ccc(OCC(=O)NCc2ccncc2)cc1. The molecule has 0 radical (unpaired) electrons. The third kappa shape index (κ3) is 4.28. The van der Waals surface area contributed by atoms with E-state index >= 15 is 0 Å². The number of amides is 1. The zero-order chi connectivity index (χ0) is 14.2. The molecule has 0 fully saturated rings. The molecule has 1 aromatic heterocycles. The van der Waals surface area contributed by atoms with E-state index in [0.29, 0.717) is 12.3 Å². The molecule has 5 heteroatoms. The van der Waals surface area contributed by atoms with E-state index in [1.54, 1.807) is 43.8 Å². The standard InChI is InChI=1S/C15H16N2O3/c1-19-13-2-4-14(5-3-13)20-11-15(18)17-10-12-6-8-16-9-7-12/h2-9H,10-11H2,1H3,(H,17,18). The van der Waals surface area contributed by atoms with E-state index in [9.17, 15) is 4.79 Å². The predicted octanol–water partition coefficient (Wildman–Crippen LogP) is 1.79. The molecular formula is C15H16N2O3. The van der Waals surface area contributed by atoms with Gasteiger partial charge in [0.05, 0.1) is 7.11 Å². The monoisotopic (exact) mass is 272 g/mol. The van der Waals surface area contributed by atoms with Crippen molar-refractivity contribution < 1.29 is 14.3 Å². The summed E-state index contributed by atoms with van der Waals surface area (Å²) in [4.78, 5) is 15.6. The Morgan fingerprint density at radius 1 is 1.10 bits per heavy atom. The fraction of sp³-hybridized carbons (Fsp3) is 0.200. The van der Waals surface area contributed by atoms with Gasteiger partial charge in [-0.05, 0) is 42.0 Å². The highest BCUT2D eigenvalue weighted by Gasteiger charge is 2.03. The summed E-state index contributed by atoms with van der Waals surface area (Å²) in [6, 6.07) is 10.8. The number of hydrogen-bond acceptors (Lipinski definition) is 4. The number of pyridine rings is 1. The van der Waals surface area contributed by atoms with Crippen molar-refractivity contribution in [2.24, 2.45) is 0 Å². The number of nitrogens with one attached hydrogen (secondary N) is 1. The maximum atomic E-state index is 11.6. The lowest BCUT2D eigenvalue weighted by molar-refractivity contribution is -0.123. The summed E-state index contributed by atoms with van der Waals surface area (Å²) in [5.74, 6) is 1.21. The first-order valence-corrected chi connectivity index (χ1v) is 6.20. The molecule has 20 heavy (non-hydrogen) atoms. The fourth-order valence-corrected chi connectivity index (χ4v) is 1.57. The molecule has 0 aliphatic heterocycles. The van der Waals surface area contributed by atoms with E-state index in [1.165, 1.54) is 0 Å². The second kappa shape index (κ2) is 7.13. The van der Waals surface area contributed by atoms with Gasteiger partial charge in [0.25, 0.3) is 5.91 Å². The number of rotatable bonds is 6. The number of carbonyl (C=O) groups excluding carboxylic acids is 1. The highest BCUT2D eigenvalue weighted by molar-refractivity contribution is 5.77. The summed E-state index contributed by atoms with van der Waals surface area (Å²) in [6.07, 6.45) is 3.38. The van der Waals surface area contributed by atoms with Crippen LogP contribution in [-0.4, -0.2) is 24.6 Å². The molecule has 1 aromatic carbocycles. The summed E-state index contributed by atoms with van der Waals surface area (Å²) < 4.78 is 10.4. The van der Waals surface area contributed by atoms with E-state index < -0.39 is 0 Å². The van der Waals surface area contributed by atoms with Gasteiger partial charge in [-0.2, -0.15) is 0 Å². The lowest BCUT2D eigenvalue weighted by atomic mass is 10.3. The van der Waals surface area contributed by atoms with Crippen LogP contribution in [0.2, 0.25) is 0 Å². The smallest absolute Gasteiger partial charge is 0.258 e. The summed E-state index contributed by atoms with van der Waals surface area (Å²) >= 11 is 0. The van der Waals surface area contributed by atoms with Gasteiger partial charge in [-0.3, -0.25) is 9.78 Å². The Hall–Kier alpha value is -2.56. The van der Waals surface area contributed by atoms with Crippen LogP contribution >= 0.6 is 0 Å². The fourth-order valence-electron chi connectivity index (χ4n) is 1.57. The van der Waals surface area contributed by atoms with Crippen LogP contribution in [0.5, 0.6) is 11.5 Å². The van der Waals surface area contributed by atoms with Crippen LogP contribution in [0.25, 0.3) is 0 Å². The third-order valence-electron chi connectivity index (χ3n) is 2.67. The Balaban J connectivity index is 1.74. The molecule has 104 valence electrons. The summed E-state index contributed by atoms with van der Waals surface area (Å²) in [6.45, 7) is 0.449. The number of ether oxygens (including phenoxy) is 2.